The molecule has 6 heteroatoms. The first-order chi connectivity index (χ1) is 16.9. The van der Waals surface area contributed by atoms with Gasteiger partial charge in [-0.05, 0) is 36.6 Å². The first-order valence-electron chi connectivity index (χ1n) is 12.0. The summed E-state index contributed by atoms with van der Waals surface area (Å²) in [5, 5.41) is 13.4. The molecule has 1 fully saturated rings. The van der Waals surface area contributed by atoms with E-state index >= 15 is 0 Å². The van der Waals surface area contributed by atoms with Gasteiger partial charge in [0.2, 0.25) is 0 Å². The van der Waals surface area contributed by atoms with Crippen molar-refractivity contribution < 1.29 is 19.1 Å². The highest BCUT2D eigenvalue weighted by molar-refractivity contribution is 5.87. The number of aldehydes is 1. The van der Waals surface area contributed by atoms with E-state index in [2.05, 4.69) is 42.0 Å². The van der Waals surface area contributed by atoms with Gasteiger partial charge in [-0.3, -0.25) is 9.59 Å². The molecule has 1 amide bonds. The van der Waals surface area contributed by atoms with Crippen molar-refractivity contribution in [1.82, 2.24) is 10.6 Å². The SMILES string of the molecule is C=C1NC(=O)C(c2ccc(F)cc2)N1.CC.CC.CCC#CCO.CCc1cc(C)ccc1C=O. The average molecular weight is 485 g/mol. The summed E-state index contributed by atoms with van der Waals surface area (Å²) in [7, 11) is 0. The Morgan fingerprint density at radius 2 is 1.66 bits per heavy atom. The fraction of sp³-hybridized carbons (Fsp3) is 0.379. The summed E-state index contributed by atoms with van der Waals surface area (Å²) in [5.74, 6) is 5.20. The van der Waals surface area contributed by atoms with Crippen molar-refractivity contribution in [3.63, 3.8) is 0 Å². The molecular formula is C29H41FN2O3. The van der Waals surface area contributed by atoms with E-state index < -0.39 is 6.04 Å². The number of aryl methyl sites for hydroxylation is 2. The number of hydrogen-bond donors (Lipinski definition) is 3. The summed E-state index contributed by atoms with van der Waals surface area (Å²) < 4.78 is 12.6. The lowest BCUT2D eigenvalue weighted by molar-refractivity contribution is -0.120. The van der Waals surface area contributed by atoms with E-state index in [0.717, 1.165) is 35.8 Å². The molecule has 1 unspecified atom stereocenters. The molecule has 35 heavy (non-hydrogen) atoms. The zero-order valence-electron chi connectivity index (χ0n) is 22.2. The van der Waals surface area contributed by atoms with E-state index in [1.807, 2.05) is 53.7 Å². The number of rotatable bonds is 3. The molecule has 0 saturated carbocycles. The molecule has 1 aliphatic heterocycles. The molecule has 5 nitrogen and oxygen atoms in total. The molecule has 1 aliphatic rings. The van der Waals surface area contributed by atoms with Crippen LogP contribution in [0.4, 0.5) is 4.39 Å². The van der Waals surface area contributed by atoms with Crippen LogP contribution >= 0.6 is 0 Å². The van der Waals surface area contributed by atoms with Crippen molar-refractivity contribution in [2.45, 2.75) is 67.3 Å². The number of carbonyl (C=O) groups excluding carboxylic acids is 2. The lowest BCUT2D eigenvalue weighted by Gasteiger charge is -2.07. The number of hydrogen-bond acceptors (Lipinski definition) is 4. The van der Waals surface area contributed by atoms with Crippen molar-refractivity contribution >= 4 is 12.2 Å². The second-order valence-corrected chi connectivity index (χ2v) is 6.64. The van der Waals surface area contributed by atoms with Crippen molar-refractivity contribution in [3.8, 4) is 11.8 Å². The monoisotopic (exact) mass is 484 g/mol. The van der Waals surface area contributed by atoms with Gasteiger partial charge in [0.15, 0.2) is 0 Å². The minimum Gasteiger partial charge on any atom is -0.384 e. The van der Waals surface area contributed by atoms with Gasteiger partial charge in [-0.25, -0.2) is 4.39 Å². The Morgan fingerprint density at radius 1 is 1.06 bits per heavy atom. The molecule has 192 valence electrons. The van der Waals surface area contributed by atoms with E-state index in [1.165, 1.54) is 17.7 Å². The summed E-state index contributed by atoms with van der Waals surface area (Å²) in [6.45, 7) is 17.6. The molecular weight excluding hydrogens is 443 g/mol. The molecule has 0 radical (unpaired) electrons. The molecule has 1 atom stereocenters. The Kier molecular flexibility index (Phi) is 20.4. The third-order valence-corrected chi connectivity index (χ3v) is 4.25. The van der Waals surface area contributed by atoms with Gasteiger partial charge in [0, 0.05) is 12.0 Å². The quantitative estimate of drug-likeness (QED) is 0.376. The van der Waals surface area contributed by atoms with Crippen LogP contribution in [0.25, 0.3) is 0 Å². The van der Waals surface area contributed by atoms with Gasteiger partial charge >= 0.3 is 0 Å². The maximum absolute atomic E-state index is 12.6. The third kappa shape index (κ3) is 13.8. The zero-order chi connectivity index (χ0) is 27.2. The average Bonchev–Trinajstić information content (AvgIpc) is 3.24. The molecule has 0 spiro atoms. The molecule has 3 rings (SSSR count). The van der Waals surface area contributed by atoms with E-state index in [1.54, 1.807) is 12.1 Å². The molecule has 3 N–H and O–H groups in total. The highest BCUT2D eigenvalue weighted by Gasteiger charge is 2.27. The summed E-state index contributed by atoms with van der Waals surface area (Å²) in [6, 6.07) is 11.2. The van der Waals surface area contributed by atoms with Crippen LogP contribution in [-0.2, 0) is 11.2 Å². The number of carbonyl (C=O) groups is 2. The minimum absolute atomic E-state index is 0.00611. The second kappa shape index (κ2) is 21.1. The van der Waals surface area contributed by atoms with Crippen LogP contribution in [0, 0.1) is 24.6 Å². The number of benzene rings is 2. The van der Waals surface area contributed by atoms with Gasteiger partial charge < -0.3 is 15.7 Å². The lowest BCUT2D eigenvalue weighted by atomic mass is 10.0. The molecule has 0 aromatic heterocycles. The highest BCUT2D eigenvalue weighted by atomic mass is 19.1. The fourth-order valence-corrected chi connectivity index (χ4v) is 2.72. The van der Waals surface area contributed by atoms with E-state index in [0.29, 0.717) is 5.82 Å². The Labute approximate surface area is 210 Å². The van der Waals surface area contributed by atoms with Crippen LogP contribution < -0.4 is 10.6 Å². The predicted molar refractivity (Wildman–Crippen MR) is 143 cm³/mol. The number of aliphatic hydroxyl groups excluding tert-OH is 1. The van der Waals surface area contributed by atoms with Crippen molar-refractivity contribution in [2.75, 3.05) is 6.61 Å². The van der Waals surface area contributed by atoms with Crippen LogP contribution in [0.5, 0.6) is 0 Å². The maximum atomic E-state index is 12.6. The topological polar surface area (TPSA) is 78.4 Å². The van der Waals surface area contributed by atoms with Gasteiger partial charge in [-0.15, -0.1) is 5.92 Å². The van der Waals surface area contributed by atoms with Crippen LogP contribution in [0.3, 0.4) is 0 Å². The number of aliphatic hydroxyl groups is 1. The lowest BCUT2D eigenvalue weighted by Crippen LogP contribution is -2.19. The van der Waals surface area contributed by atoms with Crippen LogP contribution in [0.15, 0.2) is 54.9 Å². The molecule has 0 bridgehead atoms. The predicted octanol–water partition coefficient (Wildman–Crippen LogP) is 5.87. The Hall–Kier alpha value is -3.43. The Morgan fingerprint density at radius 3 is 2.06 bits per heavy atom. The zero-order valence-corrected chi connectivity index (χ0v) is 22.2. The highest BCUT2D eigenvalue weighted by Crippen LogP contribution is 2.18. The molecule has 1 heterocycles. The number of amides is 1. The minimum atomic E-state index is -0.455. The van der Waals surface area contributed by atoms with E-state index in [9.17, 15) is 14.0 Å². The fourth-order valence-electron chi connectivity index (χ4n) is 2.72. The first kappa shape index (κ1) is 33.7. The summed E-state index contributed by atoms with van der Waals surface area (Å²) in [4.78, 5) is 21.8. The van der Waals surface area contributed by atoms with Gasteiger partial charge in [0.25, 0.3) is 5.91 Å². The van der Waals surface area contributed by atoms with Crippen molar-refractivity contribution in [2.24, 2.45) is 0 Å². The third-order valence-electron chi connectivity index (χ3n) is 4.25. The number of nitrogens with one attached hydrogen (secondary N) is 2. The van der Waals surface area contributed by atoms with Crippen LogP contribution in [0.1, 0.15) is 81.1 Å². The summed E-state index contributed by atoms with van der Waals surface area (Å²) >= 11 is 0. The van der Waals surface area contributed by atoms with Gasteiger partial charge in [0.05, 0.1) is 5.82 Å². The largest absolute Gasteiger partial charge is 0.384 e. The van der Waals surface area contributed by atoms with E-state index in [4.69, 9.17) is 5.11 Å². The Balaban J connectivity index is 0. The standard InChI is InChI=1S/C10H9FN2O.C10H12O.C5H8O.2C2H6/c1-6-12-9(10(14)13-6)7-2-4-8(11)5-3-7;1-3-9-6-8(2)4-5-10(9)7-11;1-2-3-4-5-6;2*1-2/h2-5,9,12H,1H2,(H,13,14);4-7H,3H2,1-2H3;6H,2,5H2,1H3;2*1-2H3. The van der Waals surface area contributed by atoms with Crippen molar-refractivity contribution in [3.05, 3.63) is 82.9 Å². The van der Waals surface area contributed by atoms with E-state index in [-0.39, 0.29) is 18.3 Å². The first-order valence-corrected chi connectivity index (χ1v) is 12.0. The summed E-state index contributed by atoms with van der Waals surface area (Å²) in [5.41, 5.74) is 3.90. The van der Waals surface area contributed by atoms with Gasteiger partial charge in [-0.2, -0.15) is 0 Å². The van der Waals surface area contributed by atoms with Gasteiger partial charge in [-0.1, -0.05) is 89.9 Å². The molecule has 2 aromatic rings. The summed E-state index contributed by atoms with van der Waals surface area (Å²) in [6.07, 6.45) is 2.68. The number of halogens is 1. The van der Waals surface area contributed by atoms with Crippen LogP contribution in [0.2, 0.25) is 0 Å². The smallest absolute Gasteiger partial charge is 0.252 e. The molecule has 0 aliphatic carbocycles. The van der Waals surface area contributed by atoms with Gasteiger partial charge in [0.1, 0.15) is 24.8 Å². The Bertz CT molecular complexity index is 937. The maximum Gasteiger partial charge on any atom is 0.252 e. The molecule has 1 saturated heterocycles. The van der Waals surface area contributed by atoms with Crippen molar-refractivity contribution in [1.29, 1.82) is 0 Å². The molecule has 2 aromatic carbocycles. The van der Waals surface area contributed by atoms with Crippen LogP contribution in [-0.4, -0.2) is 23.9 Å². The second-order valence-electron chi connectivity index (χ2n) is 6.64. The normalized spacial score (nSPS) is 12.7.